The van der Waals surface area contributed by atoms with Gasteiger partial charge in [-0.2, -0.15) is 0 Å². The Morgan fingerprint density at radius 1 is 1.19 bits per heavy atom. The number of fused-ring (bicyclic) bond motifs is 2. The van der Waals surface area contributed by atoms with Crippen molar-refractivity contribution < 1.29 is 24.2 Å². The molecule has 0 aromatic heterocycles. The Bertz CT molecular complexity index is 829. The Morgan fingerprint density at radius 2 is 1.97 bits per heavy atom. The van der Waals surface area contributed by atoms with E-state index in [2.05, 4.69) is 6.92 Å². The van der Waals surface area contributed by atoms with Gasteiger partial charge in [0.1, 0.15) is 12.6 Å². The molecule has 4 aliphatic heterocycles. The topological polar surface area (TPSA) is 87.2 Å². The second-order valence-corrected chi connectivity index (χ2v) is 11.0. The van der Waals surface area contributed by atoms with Gasteiger partial charge in [0.15, 0.2) is 0 Å². The highest BCUT2D eigenvalue weighted by Crippen LogP contribution is 2.65. The Kier molecular flexibility index (Phi) is 5.98. The number of unbranched alkanes of at least 4 members (excludes halogenated alkanes) is 2. The van der Waals surface area contributed by atoms with Crippen LogP contribution in [0.2, 0.25) is 0 Å². The van der Waals surface area contributed by atoms with Crippen molar-refractivity contribution in [1.82, 2.24) is 9.80 Å². The van der Waals surface area contributed by atoms with E-state index < -0.39 is 39.4 Å². The molecule has 31 heavy (non-hydrogen) atoms. The van der Waals surface area contributed by atoms with E-state index in [1.807, 2.05) is 36.1 Å². The molecule has 2 fully saturated rings. The molecule has 0 bridgehead atoms. The number of carbonyl (C=O) groups excluding carboxylic acids is 3. The van der Waals surface area contributed by atoms with Gasteiger partial charge in [0, 0.05) is 17.8 Å². The predicted octanol–water partition coefficient (Wildman–Crippen LogP) is 1.76. The lowest BCUT2D eigenvalue weighted by Crippen LogP contribution is -2.56. The van der Waals surface area contributed by atoms with Gasteiger partial charge in [0.25, 0.3) is 0 Å². The third-order valence-corrected chi connectivity index (χ3v) is 8.90. The van der Waals surface area contributed by atoms with Crippen molar-refractivity contribution >= 4 is 29.5 Å². The number of amides is 2. The van der Waals surface area contributed by atoms with E-state index in [1.165, 1.54) is 11.8 Å². The zero-order valence-electron chi connectivity index (χ0n) is 18.5. The molecular formula is C23H32N2O5S. The fourth-order valence-electron chi connectivity index (χ4n) is 5.66. The molecule has 4 aliphatic rings. The molecule has 4 heterocycles. The Morgan fingerprint density at radius 3 is 2.68 bits per heavy atom. The van der Waals surface area contributed by atoms with Crippen LogP contribution in [0.1, 0.15) is 40.0 Å². The summed E-state index contributed by atoms with van der Waals surface area (Å²) >= 11 is 1.53. The van der Waals surface area contributed by atoms with E-state index in [0.717, 1.165) is 19.3 Å². The van der Waals surface area contributed by atoms with E-state index in [1.54, 1.807) is 11.8 Å². The molecule has 0 aliphatic carbocycles. The van der Waals surface area contributed by atoms with Crippen LogP contribution in [0.25, 0.3) is 0 Å². The van der Waals surface area contributed by atoms with Crippen LogP contribution in [0, 0.1) is 11.8 Å². The highest BCUT2D eigenvalue weighted by molar-refractivity contribution is 8.02. The summed E-state index contributed by atoms with van der Waals surface area (Å²) in [7, 11) is 0. The number of hydrogen-bond donors (Lipinski definition) is 1. The van der Waals surface area contributed by atoms with Gasteiger partial charge in [0.2, 0.25) is 11.8 Å². The van der Waals surface area contributed by atoms with Crippen molar-refractivity contribution in [3.8, 4) is 0 Å². The largest absolute Gasteiger partial charge is 0.461 e. The van der Waals surface area contributed by atoms with Crippen LogP contribution in [-0.2, 0) is 19.1 Å². The molecule has 170 valence electrons. The summed E-state index contributed by atoms with van der Waals surface area (Å²) in [6.07, 6.45) is 10.8. The summed E-state index contributed by atoms with van der Waals surface area (Å²) in [6.45, 7) is 6.92. The number of cyclic esters (lactones) is 1. The second-order valence-electron chi connectivity index (χ2n) is 9.20. The van der Waals surface area contributed by atoms with Crippen LogP contribution in [0.4, 0.5) is 0 Å². The summed E-state index contributed by atoms with van der Waals surface area (Å²) < 4.78 is 3.90. The van der Waals surface area contributed by atoms with Crippen molar-refractivity contribution in [2.24, 2.45) is 11.8 Å². The number of aliphatic hydroxyl groups excluding tert-OH is 1. The minimum atomic E-state index is -0.864. The van der Waals surface area contributed by atoms with Crippen LogP contribution in [0.5, 0.6) is 0 Å². The van der Waals surface area contributed by atoms with Gasteiger partial charge in [-0.1, -0.05) is 38.0 Å². The van der Waals surface area contributed by atoms with Gasteiger partial charge in [-0.15, -0.1) is 11.8 Å². The van der Waals surface area contributed by atoms with E-state index in [-0.39, 0.29) is 25.0 Å². The van der Waals surface area contributed by atoms with Gasteiger partial charge in [-0.3, -0.25) is 14.4 Å². The van der Waals surface area contributed by atoms with Crippen molar-refractivity contribution in [3.63, 3.8) is 0 Å². The number of thioether (sulfide) groups is 1. The van der Waals surface area contributed by atoms with Gasteiger partial charge in [0.05, 0.1) is 29.2 Å². The lowest BCUT2D eigenvalue weighted by Gasteiger charge is -2.38. The van der Waals surface area contributed by atoms with Crippen LogP contribution >= 0.6 is 11.8 Å². The normalized spacial score (nSPS) is 37.8. The van der Waals surface area contributed by atoms with Crippen molar-refractivity contribution in [1.29, 1.82) is 0 Å². The Balaban J connectivity index is 1.81. The van der Waals surface area contributed by atoms with Gasteiger partial charge >= 0.3 is 5.97 Å². The smallest absolute Gasteiger partial charge is 0.311 e. The van der Waals surface area contributed by atoms with Gasteiger partial charge < -0.3 is 19.6 Å². The number of hydrogen-bond acceptors (Lipinski definition) is 6. The average Bonchev–Trinajstić information content (AvgIpc) is 3.01. The highest BCUT2D eigenvalue weighted by atomic mass is 32.2. The van der Waals surface area contributed by atoms with E-state index in [0.29, 0.717) is 13.1 Å². The molecule has 4 rings (SSSR count). The molecule has 0 aromatic rings. The molecular weight excluding hydrogens is 416 g/mol. The predicted molar refractivity (Wildman–Crippen MR) is 118 cm³/mol. The lowest BCUT2D eigenvalue weighted by atomic mass is 9.75. The summed E-state index contributed by atoms with van der Waals surface area (Å²) in [5, 5.41) is 9.89. The third kappa shape index (κ3) is 3.33. The van der Waals surface area contributed by atoms with E-state index in [9.17, 15) is 19.5 Å². The maximum absolute atomic E-state index is 13.9. The Labute approximate surface area is 187 Å². The molecule has 8 heteroatoms. The lowest BCUT2D eigenvalue weighted by molar-refractivity contribution is -0.153. The highest BCUT2D eigenvalue weighted by Gasteiger charge is 2.74. The van der Waals surface area contributed by atoms with Gasteiger partial charge in [-0.25, -0.2) is 0 Å². The summed E-state index contributed by atoms with van der Waals surface area (Å²) in [5.74, 6) is -2.10. The first-order chi connectivity index (χ1) is 14.8. The zero-order valence-corrected chi connectivity index (χ0v) is 19.3. The molecule has 2 saturated heterocycles. The number of esters is 1. The van der Waals surface area contributed by atoms with Crippen molar-refractivity contribution in [3.05, 3.63) is 24.3 Å². The minimum Gasteiger partial charge on any atom is -0.461 e. The monoisotopic (exact) mass is 448 g/mol. The molecule has 0 aromatic carbocycles. The van der Waals surface area contributed by atoms with Gasteiger partial charge in [-0.05, 0) is 26.3 Å². The molecule has 6 atom stereocenters. The number of ether oxygens (including phenoxy) is 1. The number of aliphatic hydroxyl groups is 1. The molecule has 2 amide bonds. The molecule has 7 nitrogen and oxygen atoms in total. The first kappa shape index (κ1) is 22.4. The number of nitrogens with zero attached hydrogens (tertiary/aromatic N) is 2. The van der Waals surface area contributed by atoms with Crippen molar-refractivity contribution in [2.75, 3.05) is 26.3 Å². The number of carbonyl (C=O) groups is 3. The first-order valence-electron chi connectivity index (χ1n) is 11.2. The average molecular weight is 449 g/mol. The summed E-state index contributed by atoms with van der Waals surface area (Å²) in [5.41, 5.74) is 0. The van der Waals surface area contributed by atoms with E-state index in [4.69, 9.17) is 4.74 Å². The zero-order chi connectivity index (χ0) is 22.4. The molecule has 0 saturated carbocycles. The minimum absolute atomic E-state index is 0.0952. The standard InChI is InChI=1S/C23H32N2O5S/c1-4-5-6-11-24-12-7-10-23-16(17-21(29)30-13-8-9-22(17,3)31-23)19(27)25(15(2)14-26)18(23)20(24)28/h7-10,15-18,26H,4-6,11-14H2,1-3H3/t15-,16+,17+,18?,22-,23+/m1/s1. The second kappa shape index (κ2) is 8.28. The van der Waals surface area contributed by atoms with Crippen LogP contribution < -0.4 is 0 Å². The van der Waals surface area contributed by atoms with Crippen LogP contribution in [0.3, 0.4) is 0 Å². The molecule has 1 unspecified atom stereocenters. The molecule has 0 radical (unpaired) electrons. The molecule has 1 N–H and O–H groups in total. The summed E-state index contributed by atoms with van der Waals surface area (Å²) in [6, 6.07) is -1.26. The first-order valence-corrected chi connectivity index (χ1v) is 12.1. The van der Waals surface area contributed by atoms with Crippen LogP contribution in [0.15, 0.2) is 24.3 Å². The summed E-state index contributed by atoms with van der Waals surface area (Å²) in [4.78, 5) is 44.0. The quantitative estimate of drug-likeness (QED) is 0.379. The number of likely N-dealkylation sites (tertiary alicyclic amines) is 1. The fraction of sp³-hybridized carbons (Fsp3) is 0.696. The molecule has 1 spiro atoms. The van der Waals surface area contributed by atoms with Crippen molar-refractivity contribution in [2.45, 2.75) is 61.6 Å². The maximum Gasteiger partial charge on any atom is 0.311 e. The SMILES string of the molecule is CCCCCN1CC=C[C@]23S[C@]4(C)C=CCOC(=O)[C@@H]4[C@H]2C(=O)N([C@H](C)CO)C3C1=O. The Hall–Kier alpha value is -1.80. The third-order valence-electron chi connectivity index (χ3n) is 7.10. The van der Waals surface area contributed by atoms with E-state index >= 15 is 0 Å². The fourth-order valence-corrected chi connectivity index (χ4v) is 7.80. The maximum atomic E-state index is 13.9. The number of rotatable bonds is 6. The van der Waals surface area contributed by atoms with Crippen LogP contribution in [-0.4, -0.2) is 80.6 Å².